The fourth-order valence-corrected chi connectivity index (χ4v) is 5.81. The quantitative estimate of drug-likeness (QED) is 0.162. The maximum Gasteiger partial charge on any atom is 0.308 e. The van der Waals surface area contributed by atoms with Crippen LogP contribution in [-0.2, 0) is 6.54 Å². The molecular formula is C30H35Br2N5. The maximum atomic E-state index is 5.25. The van der Waals surface area contributed by atoms with Crippen LogP contribution in [0.5, 0.6) is 0 Å². The van der Waals surface area contributed by atoms with Crippen molar-refractivity contribution in [2.45, 2.75) is 19.4 Å². The third-order valence-electron chi connectivity index (χ3n) is 7.59. The molecule has 0 spiro atoms. The van der Waals surface area contributed by atoms with E-state index >= 15 is 0 Å². The van der Waals surface area contributed by atoms with Gasteiger partial charge in [0.25, 0.3) is 0 Å². The van der Waals surface area contributed by atoms with Gasteiger partial charge < -0.3 is 43.3 Å². The third kappa shape index (κ3) is 4.94. The molecule has 4 aromatic carbocycles. The number of hydrogen-bond acceptors (Lipinski definition) is 2. The molecule has 0 amide bonds. The lowest BCUT2D eigenvalue weighted by molar-refractivity contribution is -0.892. The van der Waals surface area contributed by atoms with E-state index in [4.69, 9.17) is 5.10 Å². The molecule has 0 atom stereocenters. The van der Waals surface area contributed by atoms with E-state index in [1.807, 2.05) is 0 Å². The van der Waals surface area contributed by atoms with E-state index in [1.165, 1.54) is 56.6 Å². The molecule has 6 rings (SSSR count). The van der Waals surface area contributed by atoms with Gasteiger partial charge in [0.15, 0.2) is 5.52 Å². The number of fused-ring (bicyclic) bond motifs is 6. The van der Waals surface area contributed by atoms with Gasteiger partial charge in [-0.05, 0) is 42.4 Å². The number of halogens is 2. The molecule has 0 radical (unpaired) electrons. The first-order chi connectivity index (χ1) is 16.9. The number of aromatic nitrogens is 3. The van der Waals surface area contributed by atoms with Crippen LogP contribution in [0, 0.1) is 0 Å². The number of hydrogen-bond donors (Lipinski definition) is 0. The lowest BCUT2D eigenvalue weighted by atomic mass is 10.1. The van der Waals surface area contributed by atoms with Crippen LogP contribution in [-0.4, -0.2) is 66.8 Å². The summed E-state index contributed by atoms with van der Waals surface area (Å²) < 4.78 is 5.70. The van der Waals surface area contributed by atoms with Gasteiger partial charge in [-0.15, -0.1) is 0 Å². The fourth-order valence-electron chi connectivity index (χ4n) is 5.81. The van der Waals surface area contributed by atoms with Gasteiger partial charge in [0.2, 0.25) is 5.52 Å². The van der Waals surface area contributed by atoms with Crippen molar-refractivity contribution in [2.75, 3.05) is 47.8 Å². The van der Waals surface area contributed by atoms with E-state index in [-0.39, 0.29) is 34.0 Å². The molecule has 0 aliphatic carbocycles. The molecule has 0 saturated heterocycles. The summed E-state index contributed by atoms with van der Waals surface area (Å²) in [6.07, 6.45) is 2.36. The van der Waals surface area contributed by atoms with Crippen LogP contribution >= 0.6 is 0 Å². The zero-order chi connectivity index (χ0) is 24.2. The second-order valence-corrected chi connectivity index (χ2v) is 10.9. The van der Waals surface area contributed by atoms with Crippen molar-refractivity contribution >= 4 is 49.1 Å². The smallest absolute Gasteiger partial charge is 0.308 e. The minimum absolute atomic E-state index is 0. The number of imidazole rings is 1. The minimum Gasteiger partial charge on any atom is -1.00 e. The molecule has 2 heterocycles. The molecule has 0 N–H and O–H groups in total. The Morgan fingerprint density at radius 3 is 2.30 bits per heavy atom. The molecule has 37 heavy (non-hydrogen) atoms. The Balaban J connectivity index is 0.00000160. The Hall–Kier alpha value is -2.32. The standard InChI is InChI=1S/C30H35N5.2BrH/c1-32(2)17-9-19-35(3,4)20-10-18-33-26-15-5-6-16-27(26)34-28(33)21-25-23-13-7-11-22-12-8-14-24(29(22)23)30(25)31-34;;/h5-8,11-16,21H,9-10,17-20H2,1-4H3;2*1H/q+2;;/p-2. The molecule has 6 aromatic rings. The van der Waals surface area contributed by atoms with E-state index in [2.05, 4.69) is 109 Å². The van der Waals surface area contributed by atoms with Gasteiger partial charge in [0, 0.05) is 36.2 Å². The summed E-state index contributed by atoms with van der Waals surface area (Å²) >= 11 is 0. The van der Waals surface area contributed by atoms with Gasteiger partial charge in [-0.25, -0.2) is 4.57 Å². The number of para-hydroxylation sites is 2. The Morgan fingerprint density at radius 2 is 1.54 bits per heavy atom. The summed E-state index contributed by atoms with van der Waals surface area (Å²) in [5, 5.41) is 11.7. The van der Waals surface area contributed by atoms with Crippen molar-refractivity contribution in [3.8, 4) is 0 Å². The summed E-state index contributed by atoms with van der Waals surface area (Å²) in [6, 6.07) is 24.2. The topological polar surface area (TPSA) is 24.4 Å². The second-order valence-electron chi connectivity index (χ2n) is 10.9. The highest BCUT2D eigenvalue weighted by Crippen LogP contribution is 2.37. The van der Waals surface area contributed by atoms with Crippen molar-refractivity contribution < 1.29 is 43.0 Å². The molecule has 0 saturated carbocycles. The van der Waals surface area contributed by atoms with E-state index < -0.39 is 0 Å². The van der Waals surface area contributed by atoms with Gasteiger partial charge in [-0.3, -0.25) is 0 Å². The van der Waals surface area contributed by atoms with Gasteiger partial charge in [0.05, 0.1) is 33.7 Å². The average molecular weight is 625 g/mol. The summed E-state index contributed by atoms with van der Waals surface area (Å²) in [5.74, 6) is 0. The highest BCUT2D eigenvalue weighted by molar-refractivity contribution is 6.29. The van der Waals surface area contributed by atoms with Gasteiger partial charge in [-0.1, -0.05) is 58.1 Å². The number of benzene rings is 3. The molecule has 7 heteroatoms. The van der Waals surface area contributed by atoms with Crippen LogP contribution in [0.3, 0.4) is 0 Å². The van der Waals surface area contributed by atoms with Crippen LogP contribution in [0.2, 0.25) is 0 Å². The average Bonchev–Trinajstić information content (AvgIpc) is 3.32. The van der Waals surface area contributed by atoms with Crippen molar-refractivity contribution in [2.24, 2.45) is 0 Å². The van der Waals surface area contributed by atoms with Gasteiger partial charge in [0.1, 0.15) is 5.52 Å². The lowest BCUT2D eigenvalue weighted by Gasteiger charge is -2.30. The van der Waals surface area contributed by atoms with Crippen LogP contribution in [0.15, 0.2) is 66.7 Å². The Morgan fingerprint density at radius 1 is 0.838 bits per heavy atom. The highest BCUT2D eigenvalue weighted by atomic mass is 79.9. The lowest BCUT2D eigenvalue weighted by Crippen LogP contribution is -3.00. The number of aryl methyl sites for hydroxylation is 1. The molecule has 0 fully saturated rings. The van der Waals surface area contributed by atoms with E-state index in [0.717, 1.165) is 36.1 Å². The molecule has 0 aliphatic rings. The van der Waals surface area contributed by atoms with Crippen molar-refractivity contribution in [1.29, 1.82) is 0 Å². The number of nitrogens with zero attached hydrogens (tertiary/aromatic N) is 5. The second kappa shape index (κ2) is 10.8. The highest BCUT2D eigenvalue weighted by Gasteiger charge is 2.24. The third-order valence-corrected chi connectivity index (χ3v) is 7.59. The molecule has 0 bridgehead atoms. The molecular weight excluding hydrogens is 590 g/mol. The van der Waals surface area contributed by atoms with Crippen LogP contribution < -0.4 is 38.5 Å². The first kappa shape index (κ1) is 27.7. The molecule has 0 unspecified atom stereocenters. The SMILES string of the molecule is CN(C)CCC[N+](C)(C)CCC[n+]1c2ccccc2n2nc3c(cc21)c1cccc2cccc3c21.[Br-].[Br-]. The van der Waals surface area contributed by atoms with Crippen LogP contribution in [0.25, 0.3) is 49.1 Å². The van der Waals surface area contributed by atoms with Crippen LogP contribution in [0.1, 0.15) is 12.8 Å². The maximum absolute atomic E-state index is 5.25. The monoisotopic (exact) mass is 623 g/mol. The summed E-state index contributed by atoms with van der Waals surface area (Å²) in [4.78, 5) is 2.28. The summed E-state index contributed by atoms with van der Waals surface area (Å²) in [7, 11) is 9.04. The summed E-state index contributed by atoms with van der Waals surface area (Å²) in [5.41, 5.74) is 4.70. The Labute approximate surface area is 239 Å². The fraction of sp³-hybridized carbons (Fsp3) is 0.333. The first-order valence-corrected chi connectivity index (χ1v) is 12.8. The van der Waals surface area contributed by atoms with Crippen molar-refractivity contribution in [1.82, 2.24) is 14.5 Å². The predicted octanol–water partition coefficient (Wildman–Crippen LogP) is -0.901. The van der Waals surface area contributed by atoms with E-state index in [9.17, 15) is 0 Å². The van der Waals surface area contributed by atoms with E-state index in [0.29, 0.717) is 0 Å². The number of quaternary nitrogens is 1. The molecule has 2 aromatic heterocycles. The summed E-state index contributed by atoms with van der Waals surface area (Å²) in [6.45, 7) is 4.51. The van der Waals surface area contributed by atoms with Crippen LogP contribution in [0.4, 0.5) is 0 Å². The van der Waals surface area contributed by atoms with Crippen molar-refractivity contribution in [3.63, 3.8) is 0 Å². The largest absolute Gasteiger partial charge is 1.00 e. The number of rotatable bonds is 8. The Kier molecular flexibility index (Phi) is 8.10. The predicted molar refractivity (Wildman–Crippen MR) is 146 cm³/mol. The molecule has 5 nitrogen and oxygen atoms in total. The normalized spacial score (nSPS) is 12.2. The Bertz CT molecular complexity index is 1670. The first-order valence-electron chi connectivity index (χ1n) is 12.8. The molecule has 194 valence electrons. The van der Waals surface area contributed by atoms with Gasteiger partial charge >= 0.3 is 5.65 Å². The van der Waals surface area contributed by atoms with Crippen molar-refractivity contribution in [3.05, 3.63) is 66.7 Å². The molecule has 0 aliphatic heterocycles. The van der Waals surface area contributed by atoms with E-state index in [1.54, 1.807) is 0 Å². The minimum atomic E-state index is 0. The zero-order valence-corrected chi connectivity index (χ0v) is 25.3. The zero-order valence-electron chi connectivity index (χ0n) is 22.1. The van der Waals surface area contributed by atoms with Gasteiger partial charge in [-0.2, -0.15) is 0 Å².